The number of nitrogens with one attached hydrogen (secondary N) is 1. The van der Waals surface area contributed by atoms with Crippen LogP contribution in [0.2, 0.25) is 0 Å². The molecule has 0 amide bonds. The van der Waals surface area contributed by atoms with Crippen molar-refractivity contribution in [3.63, 3.8) is 0 Å². The molecule has 5 rings (SSSR count). The predicted octanol–water partition coefficient (Wildman–Crippen LogP) is 3.73. The number of benzene rings is 1. The fourth-order valence-electron chi connectivity index (χ4n) is 4.00. The van der Waals surface area contributed by atoms with Crippen LogP contribution >= 0.6 is 0 Å². The number of aryl methyl sites for hydroxylation is 1. The Morgan fingerprint density at radius 2 is 2.04 bits per heavy atom. The zero-order valence-electron chi connectivity index (χ0n) is 14.6. The highest BCUT2D eigenvalue weighted by atomic mass is 19.1. The molecule has 0 radical (unpaired) electrons. The van der Waals surface area contributed by atoms with E-state index in [1.54, 1.807) is 30.0 Å². The van der Waals surface area contributed by atoms with Crippen LogP contribution in [0.25, 0.3) is 0 Å². The highest BCUT2D eigenvalue weighted by Gasteiger charge is 2.40. The first-order chi connectivity index (χ1) is 13.1. The number of anilines is 1. The second-order valence-electron chi connectivity index (χ2n) is 6.94. The second kappa shape index (κ2) is 5.90. The largest absolute Gasteiger partial charge is 0.469 e. The Morgan fingerprint density at radius 1 is 1.22 bits per heavy atom. The number of carbonyl (C=O) groups is 1. The zero-order valence-corrected chi connectivity index (χ0v) is 14.6. The molecule has 0 spiro atoms. The minimum absolute atomic E-state index is 0.0109. The predicted molar refractivity (Wildman–Crippen MR) is 95.6 cm³/mol. The molecule has 136 valence electrons. The van der Waals surface area contributed by atoms with Crippen molar-refractivity contribution in [2.75, 3.05) is 5.32 Å². The number of hydrogen-bond acceptors (Lipinski definition) is 5. The molecule has 1 N–H and O–H groups in total. The van der Waals surface area contributed by atoms with Gasteiger partial charge in [0.1, 0.15) is 23.4 Å². The molecule has 2 aromatic heterocycles. The Hall–Kier alpha value is -3.22. The number of carbonyl (C=O) groups excluding carboxylic acids is 1. The number of ketones is 1. The van der Waals surface area contributed by atoms with Crippen molar-refractivity contribution in [3.05, 3.63) is 76.9 Å². The second-order valence-corrected chi connectivity index (χ2v) is 6.94. The van der Waals surface area contributed by atoms with Crippen LogP contribution in [0.1, 0.15) is 41.9 Å². The van der Waals surface area contributed by atoms with Crippen LogP contribution in [0.5, 0.6) is 0 Å². The fraction of sp³-hybridized carbons (Fsp3) is 0.250. The SMILES string of the molecule is Cc1nc2n(n1)[C@H](c1ccc(F)cc1)C1=C(C[C@H](c3ccco3)CC1=O)N2. The number of allylic oxidation sites excluding steroid dienone is 2. The van der Waals surface area contributed by atoms with E-state index in [1.165, 1.54) is 12.1 Å². The van der Waals surface area contributed by atoms with Gasteiger partial charge in [-0.1, -0.05) is 12.1 Å². The Bertz CT molecular complexity index is 1050. The van der Waals surface area contributed by atoms with E-state index in [4.69, 9.17) is 4.42 Å². The highest BCUT2D eigenvalue weighted by molar-refractivity contribution is 6.00. The lowest BCUT2D eigenvalue weighted by Gasteiger charge is -2.34. The minimum Gasteiger partial charge on any atom is -0.469 e. The average molecular weight is 364 g/mol. The summed E-state index contributed by atoms with van der Waals surface area (Å²) in [6, 6.07) is 9.52. The quantitative estimate of drug-likeness (QED) is 0.750. The van der Waals surface area contributed by atoms with E-state index in [2.05, 4.69) is 15.4 Å². The van der Waals surface area contributed by atoms with E-state index >= 15 is 0 Å². The maximum Gasteiger partial charge on any atom is 0.226 e. The van der Waals surface area contributed by atoms with Gasteiger partial charge in [0.05, 0.1) is 6.26 Å². The van der Waals surface area contributed by atoms with E-state index in [0.717, 1.165) is 17.0 Å². The minimum atomic E-state index is -0.414. The number of Topliss-reactive ketones (excluding diaryl/α,β-unsaturated/α-hetero) is 1. The van der Waals surface area contributed by atoms with E-state index in [9.17, 15) is 9.18 Å². The number of rotatable bonds is 2. The molecule has 0 saturated heterocycles. The van der Waals surface area contributed by atoms with Crippen LogP contribution in [-0.4, -0.2) is 20.5 Å². The van der Waals surface area contributed by atoms with E-state index in [0.29, 0.717) is 30.2 Å². The van der Waals surface area contributed by atoms with Crippen LogP contribution in [0.3, 0.4) is 0 Å². The molecule has 1 aromatic carbocycles. The van der Waals surface area contributed by atoms with E-state index in [1.807, 2.05) is 12.1 Å². The summed E-state index contributed by atoms with van der Waals surface area (Å²) in [5.41, 5.74) is 2.31. The van der Waals surface area contributed by atoms with Gasteiger partial charge in [-0.25, -0.2) is 9.07 Å². The molecule has 3 aromatic rings. The average Bonchev–Trinajstić information content (AvgIpc) is 3.29. The van der Waals surface area contributed by atoms with E-state index < -0.39 is 6.04 Å². The first kappa shape index (κ1) is 16.0. The molecule has 0 unspecified atom stereocenters. The maximum absolute atomic E-state index is 13.4. The van der Waals surface area contributed by atoms with Crippen LogP contribution < -0.4 is 5.32 Å². The van der Waals surface area contributed by atoms with Crippen LogP contribution in [0.4, 0.5) is 10.3 Å². The zero-order chi connectivity index (χ0) is 18.5. The van der Waals surface area contributed by atoms with Gasteiger partial charge in [-0.2, -0.15) is 10.1 Å². The van der Waals surface area contributed by atoms with E-state index in [-0.39, 0.29) is 17.5 Å². The molecule has 2 atom stereocenters. The van der Waals surface area contributed by atoms with Gasteiger partial charge in [0.2, 0.25) is 5.95 Å². The summed E-state index contributed by atoms with van der Waals surface area (Å²) in [7, 11) is 0. The van der Waals surface area contributed by atoms with Crippen molar-refractivity contribution in [1.29, 1.82) is 0 Å². The number of furan rings is 1. The third kappa shape index (κ3) is 2.58. The Kier molecular flexibility index (Phi) is 3.50. The first-order valence-electron chi connectivity index (χ1n) is 8.85. The number of aromatic nitrogens is 3. The summed E-state index contributed by atoms with van der Waals surface area (Å²) in [6.45, 7) is 1.81. The monoisotopic (exact) mass is 364 g/mol. The molecule has 0 saturated carbocycles. The molecule has 6 nitrogen and oxygen atoms in total. The number of fused-ring (bicyclic) bond motifs is 1. The van der Waals surface area contributed by atoms with Crippen LogP contribution in [0, 0.1) is 12.7 Å². The Morgan fingerprint density at radius 3 is 2.78 bits per heavy atom. The maximum atomic E-state index is 13.4. The number of hydrogen-bond donors (Lipinski definition) is 1. The molecule has 7 heteroatoms. The van der Waals surface area contributed by atoms with Gasteiger partial charge in [0.15, 0.2) is 5.78 Å². The van der Waals surface area contributed by atoms with Crippen molar-refractivity contribution < 1.29 is 13.6 Å². The summed E-state index contributed by atoms with van der Waals surface area (Å²) in [5, 5.41) is 7.76. The van der Waals surface area contributed by atoms with Gasteiger partial charge in [-0.05, 0) is 43.2 Å². The van der Waals surface area contributed by atoms with Crippen LogP contribution in [0.15, 0.2) is 58.3 Å². The molecule has 27 heavy (non-hydrogen) atoms. The van der Waals surface area contributed by atoms with Gasteiger partial charge in [-0.15, -0.1) is 0 Å². The van der Waals surface area contributed by atoms with Gasteiger partial charge in [0.25, 0.3) is 0 Å². The summed E-state index contributed by atoms with van der Waals surface area (Å²) in [5.74, 6) is 1.72. The normalized spacial score (nSPS) is 21.6. The first-order valence-corrected chi connectivity index (χ1v) is 8.85. The van der Waals surface area contributed by atoms with Crippen molar-refractivity contribution in [2.24, 2.45) is 0 Å². The third-order valence-corrected chi connectivity index (χ3v) is 5.16. The summed E-state index contributed by atoms with van der Waals surface area (Å²) in [6.07, 6.45) is 2.65. The van der Waals surface area contributed by atoms with Gasteiger partial charge in [0, 0.05) is 23.6 Å². The third-order valence-electron chi connectivity index (χ3n) is 5.16. The molecule has 1 aliphatic heterocycles. The topological polar surface area (TPSA) is 73.0 Å². The molecule has 2 aliphatic rings. The number of nitrogens with zero attached hydrogens (tertiary/aromatic N) is 3. The fourth-order valence-corrected chi connectivity index (χ4v) is 4.00. The smallest absolute Gasteiger partial charge is 0.226 e. The molecule has 0 bridgehead atoms. The van der Waals surface area contributed by atoms with Crippen LogP contribution in [-0.2, 0) is 4.79 Å². The highest BCUT2D eigenvalue weighted by Crippen LogP contribution is 2.44. The summed E-state index contributed by atoms with van der Waals surface area (Å²) in [4.78, 5) is 17.6. The summed E-state index contributed by atoms with van der Waals surface area (Å²) >= 11 is 0. The van der Waals surface area contributed by atoms with Crippen molar-refractivity contribution in [2.45, 2.75) is 31.7 Å². The Balaban J connectivity index is 1.63. The molecular weight excluding hydrogens is 347 g/mol. The number of halogens is 1. The lowest BCUT2D eigenvalue weighted by molar-refractivity contribution is -0.117. The lowest BCUT2D eigenvalue weighted by atomic mass is 9.79. The van der Waals surface area contributed by atoms with Gasteiger partial charge < -0.3 is 9.73 Å². The molecular formula is C20H17FN4O2. The Labute approximate surface area is 154 Å². The van der Waals surface area contributed by atoms with Crippen molar-refractivity contribution >= 4 is 11.7 Å². The summed E-state index contributed by atoms with van der Waals surface area (Å²) < 4.78 is 20.7. The molecule has 1 aliphatic carbocycles. The molecule has 3 heterocycles. The van der Waals surface area contributed by atoms with Gasteiger partial charge in [-0.3, -0.25) is 4.79 Å². The van der Waals surface area contributed by atoms with Gasteiger partial charge >= 0.3 is 0 Å². The lowest BCUT2D eigenvalue weighted by Crippen LogP contribution is -2.33. The standard InChI is InChI=1S/C20H17FN4O2/c1-11-22-20-23-15-9-13(17-3-2-8-27-17)10-16(26)18(15)19(25(20)24-11)12-4-6-14(21)7-5-12/h2-8,13,19H,9-10H2,1H3,(H,22,23,24)/t13-,19+/m0/s1. The molecule has 0 fully saturated rings. The van der Waals surface area contributed by atoms with Crippen molar-refractivity contribution in [1.82, 2.24) is 14.8 Å². The van der Waals surface area contributed by atoms with Crippen molar-refractivity contribution in [3.8, 4) is 0 Å².